The zero-order valence-electron chi connectivity index (χ0n) is 13.7. The van der Waals surface area contributed by atoms with Gasteiger partial charge in [-0.3, -0.25) is 14.8 Å². The van der Waals surface area contributed by atoms with Crippen LogP contribution in [0.2, 0.25) is 5.02 Å². The van der Waals surface area contributed by atoms with E-state index >= 15 is 0 Å². The number of aryl methyl sites for hydroxylation is 1. The zero-order valence-corrected chi connectivity index (χ0v) is 14.4. The summed E-state index contributed by atoms with van der Waals surface area (Å²) in [6.45, 7) is 2.96. The van der Waals surface area contributed by atoms with Gasteiger partial charge in [-0.2, -0.15) is 5.10 Å². The van der Waals surface area contributed by atoms with E-state index in [0.717, 1.165) is 49.5 Å². The number of H-pyrrole nitrogens is 1. The number of rotatable bonds is 6. The van der Waals surface area contributed by atoms with Crippen LogP contribution in [-0.2, 0) is 17.8 Å². The highest BCUT2D eigenvalue weighted by atomic mass is 35.5. The van der Waals surface area contributed by atoms with E-state index in [1.807, 2.05) is 18.3 Å². The summed E-state index contributed by atoms with van der Waals surface area (Å²) in [6.07, 6.45) is 6.86. The third kappa shape index (κ3) is 5.08. The average molecular weight is 347 g/mol. The van der Waals surface area contributed by atoms with Gasteiger partial charge in [-0.25, -0.2) is 0 Å². The summed E-state index contributed by atoms with van der Waals surface area (Å²) < 4.78 is 0. The third-order valence-corrected chi connectivity index (χ3v) is 4.72. The summed E-state index contributed by atoms with van der Waals surface area (Å²) in [5, 5.41) is 10.6. The number of nitrogens with one attached hydrogen (secondary N) is 2. The van der Waals surface area contributed by atoms with Crippen molar-refractivity contribution in [3.05, 3.63) is 52.8 Å². The fourth-order valence-electron chi connectivity index (χ4n) is 3.06. The molecular weight excluding hydrogens is 324 g/mol. The maximum atomic E-state index is 12.0. The molecule has 1 aliphatic heterocycles. The van der Waals surface area contributed by atoms with Gasteiger partial charge in [0.2, 0.25) is 5.91 Å². The topological polar surface area (TPSA) is 61.0 Å². The number of carbonyl (C=O) groups is 1. The van der Waals surface area contributed by atoms with Crippen molar-refractivity contribution in [2.45, 2.75) is 38.3 Å². The summed E-state index contributed by atoms with van der Waals surface area (Å²) in [5.41, 5.74) is 2.35. The molecule has 24 heavy (non-hydrogen) atoms. The molecule has 5 nitrogen and oxygen atoms in total. The molecule has 2 N–H and O–H groups in total. The molecule has 3 rings (SSSR count). The predicted molar refractivity (Wildman–Crippen MR) is 94.8 cm³/mol. The number of likely N-dealkylation sites (tertiary alicyclic amines) is 1. The van der Waals surface area contributed by atoms with Crippen molar-refractivity contribution in [2.75, 3.05) is 13.1 Å². The molecule has 1 aromatic heterocycles. The minimum atomic E-state index is 0.132. The second-order valence-electron chi connectivity index (χ2n) is 6.35. The molecular formula is C18H23ClN4O. The Morgan fingerprint density at radius 3 is 2.67 bits per heavy atom. The van der Waals surface area contributed by atoms with Crippen LogP contribution >= 0.6 is 11.6 Å². The normalized spacial score (nSPS) is 16.2. The SMILES string of the molecule is O=C(CCc1cn[nH]c1)NC1CCN(Cc2ccc(Cl)cc2)CC1. The molecule has 0 saturated carbocycles. The van der Waals surface area contributed by atoms with Crippen LogP contribution in [0.3, 0.4) is 0 Å². The lowest BCUT2D eigenvalue weighted by Crippen LogP contribution is -2.44. The van der Waals surface area contributed by atoms with Gasteiger partial charge in [0, 0.05) is 43.3 Å². The molecule has 0 radical (unpaired) electrons. The Kier molecular flexibility index (Phi) is 5.88. The molecule has 1 amide bonds. The van der Waals surface area contributed by atoms with Crippen LogP contribution in [0.5, 0.6) is 0 Å². The van der Waals surface area contributed by atoms with E-state index in [9.17, 15) is 4.79 Å². The third-order valence-electron chi connectivity index (χ3n) is 4.47. The second kappa shape index (κ2) is 8.31. The van der Waals surface area contributed by atoms with E-state index in [4.69, 9.17) is 11.6 Å². The summed E-state index contributed by atoms with van der Waals surface area (Å²) in [6, 6.07) is 8.31. The lowest BCUT2D eigenvalue weighted by molar-refractivity contribution is -0.122. The van der Waals surface area contributed by atoms with Crippen molar-refractivity contribution in [3.63, 3.8) is 0 Å². The second-order valence-corrected chi connectivity index (χ2v) is 6.79. The minimum absolute atomic E-state index is 0.132. The fourth-order valence-corrected chi connectivity index (χ4v) is 3.18. The van der Waals surface area contributed by atoms with Crippen LogP contribution in [0, 0.1) is 0 Å². The molecule has 128 valence electrons. The molecule has 0 aliphatic carbocycles. The summed E-state index contributed by atoms with van der Waals surface area (Å²) in [5.74, 6) is 0.132. The molecule has 0 atom stereocenters. The molecule has 1 fully saturated rings. The van der Waals surface area contributed by atoms with Crippen molar-refractivity contribution < 1.29 is 4.79 Å². The maximum absolute atomic E-state index is 12.0. The van der Waals surface area contributed by atoms with Crippen LogP contribution in [-0.4, -0.2) is 40.1 Å². The van der Waals surface area contributed by atoms with E-state index < -0.39 is 0 Å². The van der Waals surface area contributed by atoms with Crippen molar-refractivity contribution in [2.24, 2.45) is 0 Å². The maximum Gasteiger partial charge on any atom is 0.220 e. The van der Waals surface area contributed by atoms with Crippen LogP contribution in [0.25, 0.3) is 0 Å². The van der Waals surface area contributed by atoms with E-state index in [2.05, 4.69) is 32.5 Å². The molecule has 2 aromatic rings. The van der Waals surface area contributed by atoms with Crippen LogP contribution < -0.4 is 5.32 Å². The number of aromatic amines is 1. The van der Waals surface area contributed by atoms with Crippen molar-refractivity contribution >= 4 is 17.5 Å². The van der Waals surface area contributed by atoms with Gasteiger partial charge in [0.25, 0.3) is 0 Å². The highest BCUT2D eigenvalue weighted by molar-refractivity contribution is 6.30. The highest BCUT2D eigenvalue weighted by Crippen LogP contribution is 2.16. The predicted octanol–water partition coefficient (Wildman–Crippen LogP) is 2.78. The summed E-state index contributed by atoms with van der Waals surface area (Å²) in [4.78, 5) is 14.5. The van der Waals surface area contributed by atoms with E-state index in [1.165, 1.54) is 5.56 Å². The number of benzene rings is 1. The minimum Gasteiger partial charge on any atom is -0.353 e. The quantitative estimate of drug-likeness (QED) is 0.845. The zero-order chi connectivity index (χ0) is 16.8. The van der Waals surface area contributed by atoms with Gasteiger partial charge < -0.3 is 5.32 Å². The Labute approximate surface area is 147 Å². The van der Waals surface area contributed by atoms with E-state index in [1.54, 1.807) is 6.20 Å². The summed E-state index contributed by atoms with van der Waals surface area (Å²) >= 11 is 5.92. The Balaban J connectivity index is 1.37. The van der Waals surface area contributed by atoms with E-state index in [-0.39, 0.29) is 5.91 Å². The van der Waals surface area contributed by atoms with Crippen molar-refractivity contribution in [3.8, 4) is 0 Å². The van der Waals surface area contributed by atoms with Gasteiger partial charge >= 0.3 is 0 Å². The first-order chi connectivity index (χ1) is 11.7. The van der Waals surface area contributed by atoms with Crippen LogP contribution in [0.1, 0.15) is 30.4 Å². The number of carbonyl (C=O) groups excluding carboxylic acids is 1. The average Bonchev–Trinajstić information content (AvgIpc) is 3.10. The smallest absolute Gasteiger partial charge is 0.220 e. The molecule has 0 spiro atoms. The molecule has 1 aliphatic rings. The van der Waals surface area contributed by atoms with Gasteiger partial charge in [0.15, 0.2) is 0 Å². The highest BCUT2D eigenvalue weighted by Gasteiger charge is 2.20. The van der Waals surface area contributed by atoms with Gasteiger partial charge in [-0.05, 0) is 42.5 Å². The Morgan fingerprint density at radius 1 is 1.25 bits per heavy atom. The first kappa shape index (κ1) is 17.0. The van der Waals surface area contributed by atoms with Gasteiger partial charge in [0.1, 0.15) is 0 Å². The van der Waals surface area contributed by atoms with Gasteiger partial charge in [0.05, 0.1) is 6.20 Å². The van der Waals surface area contributed by atoms with Crippen molar-refractivity contribution in [1.82, 2.24) is 20.4 Å². The van der Waals surface area contributed by atoms with Gasteiger partial charge in [-0.15, -0.1) is 0 Å². The number of hydrogen-bond acceptors (Lipinski definition) is 3. The monoisotopic (exact) mass is 346 g/mol. The van der Waals surface area contributed by atoms with Crippen LogP contribution in [0.15, 0.2) is 36.7 Å². The number of piperidine rings is 1. The summed E-state index contributed by atoms with van der Waals surface area (Å²) in [7, 11) is 0. The Hall–Kier alpha value is -1.85. The Bertz CT molecular complexity index is 634. The van der Waals surface area contributed by atoms with Crippen molar-refractivity contribution in [1.29, 1.82) is 0 Å². The van der Waals surface area contributed by atoms with Crippen LogP contribution in [0.4, 0.5) is 0 Å². The number of hydrogen-bond donors (Lipinski definition) is 2. The van der Waals surface area contributed by atoms with Gasteiger partial charge in [-0.1, -0.05) is 23.7 Å². The molecule has 1 saturated heterocycles. The first-order valence-corrected chi connectivity index (χ1v) is 8.80. The standard InChI is InChI=1S/C18H23ClN4O/c19-16-4-1-14(2-5-16)13-23-9-7-17(8-10-23)22-18(24)6-3-15-11-20-21-12-15/h1-2,4-5,11-12,17H,3,6-10,13H2,(H,20,21)(H,22,24). The molecule has 0 bridgehead atoms. The number of amides is 1. The number of aromatic nitrogens is 2. The molecule has 2 heterocycles. The Morgan fingerprint density at radius 2 is 2.00 bits per heavy atom. The first-order valence-electron chi connectivity index (χ1n) is 8.43. The molecule has 6 heteroatoms. The number of nitrogens with zero attached hydrogens (tertiary/aromatic N) is 2. The lowest BCUT2D eigenvalue weighted by Gasteiger charge is -2.32. The molecule has 0 unspecified atom stereocenters. The lowest BCUT2D eigenvalue weighted by atomic mass is 10.0. The van der Waals surface area contributed by atoms with E-state index in [0.29, 0.717) is 12.5 Å². The fraction of sp³-hybridized carbons (Fsp3) is 0.444. The molecule has 1 aromatic carbocycles. The largest absolute Gasteiger partial charge is 0.353 e. The number of halogens is 1.